The number of rotatable bonds is 8. The molecule has 0 bridgehead atoms. The van der Waals surface area contributed by atoms with Crippen LogP contribution >= 0.6 is 0 Å². The highest BCUT2D eigenvalue weighted by molar-refractivity contribution is 5.92. The van der Waals surface area contributed by atoms with E-state index in [1.807, 2.05) is 20.8 Å². The van der Waals surface area contributed by atoms with Crippen LogP contribution in [0.25, 0.3) is 0 Å². The molecular formula is C14H23N3O3. The van der Waals surface area contributed by atoms with Crippen molar-refractivity contribution in [1.82, 2.24) is 15.1 Å². The summed E-state index contributed by atoms with van der Waals surface area (Å²) in [7, 11) is 0. The van der Waals surface area contributed by atoms with Gasteiger partial charge in [0, 0.05) is 19.5 Å². The van der Waals surface area contributed by atoms with Crippen LogP contribution in [0.4, 0.5) is 0 Å². The summed E-state index contributed by atoms with van der Waals surface area (Å²) in [5.74, 6) is -0.820. The summed E-state index contributed by atoms with van der Waals surface area (Å²) >= 11 is 0. The number of aryl methyl sites for hydroxylation is 2. The van der Waals surface area contributed by atoms with Crippen molar-refractivity contribution in [2.24, 2.45) is 5.92 Å². The number of nitrogens with zero attached hydrogens (tertiary/aromatic N) is 2. The Kier molecular flexibility index (Phi) is 6.21. The van der Waals surface area contributed by atoms with E-state index in [1.165, 1.54) is 0 Å². The molecule has 20 heavy (non-hydrogen) atoms. The third kappa shape index (κ3) is 4.68. The van der Waals surface area contributed by atoms with E-state index in [-0.39, 0.29) is 18.2 Å². The van der Waals surface area contributed by atoms with Gasteiger partial charge in [-0.25, -0.2) is 0 Å². The largest absolute Gasteiger partial charge is 0.481 e. The van der Waals surface area contributed by atoms with Crippen LogP contribution in [0.5, 0.6) is 0 Å². The lowest BCUT2D eigenvalue weighted by Gasteiger charge is -2.11. The van der Waals surface area contributed by atoms with Gasteiger partial charge in [0.15, 0.2) is 0 Å². The lowest BCUT2D eigenvalue weighted by molar-refractivity contribution is -0.137. The number of nitrogens with one attached hydrogen (secondary N) is 1. The summed E-state index contributed by atoms with van der Waals surface area (Å²) in [5, 5.41) is 15.8. The van der Waals surface area contributed by atoms with Crippen molar-refractivity contribution in [3.63, 3.8) is 0 Å². The Bertz CT molecular complexity index is 468. The standard InChI is InChI=1S/C14H23N3O3/c1-4-11-8-12(17(5-2)16-11)14(20)15-9-10(3)6-7-13(18)19/h8,10H,4-7,9H2,1-3H3,(H,15,20)(H,18,19). The second-order valence-corrected chi connectivity index (χ2v) is 4.94. The predicted molar refractivity (Wildman–Crippen MR) is 75.6 cm³/mol. The van der Waals surface area contributed by atoms with E-state index in [9.17, 15) is 9.59 Å². The Balaban J connectivity index is 2.54. The van der Waals surface area contributed by atoms with E-state index >= 15 is 0 Å². The average Bonchev–Trinajstić information content (AvgIpc) is 2.85. The highest BCUT2D eigenvalue weighted by Gasteiger charge is 2.14. The molecule has 1 unspecified atom stereocenters. The molecule has 2 N–H and O–H groups in total. The molecule has 1 atom stereocenters. The Morgan fingerprint density at radius 2 is 2.15 bits per heavy atom. The third-order valence-electron chi connectivity index (χ3n) is 3.19. The van der Waals surface area contributed by atoms with E-state index < -0.39 is 5.97 Å². The molecule has 0 saturated carbocycles. The number of aromatic nitrogens is 2. The SMILES string of the molecule is CCc1cc(C(=O)NCC(C)CCC(=O)O)n(CC)n1. The van der Waals surface area contributed by atoms with E-state index in [4.69, 9.17) is 5.11 Å². The molecule has 0 saturated heterocycles. The first-order valence-electron chi connectivity index (χ1n) is 7.04. The first kappa shape index (κ1) is 16.2. The summed E-state index contributed by atoms with van der Waals surface area (Å²) in [6.45, 7) is 6.99. The van der Waals surface area contributed by atoms with Crippen LogP contribution in [-0.4, -0.2) is 33.3 Å². The first-order chi connectivity index (χ1) is 9.47. The van der Waals surface area contributed by atoms with Gasteiger partial charge in [0.2, 0.25) is 0 Å². The first-order valence-corrected chi connectivity index (χ1v) is 7.04. The molecule has 0 aliphatic heterocycles. The molecule has 112 valence electrons. The van der Waals surface area contributed by atoms with Gasteiger partial charge in [-0.15, -0.1) is 0 Å². The van der Waals surface area contributed by atoms with Crippen molar-refractivity contribution >= 4 is 11.9 Å². The van der Waals surface area contributed by atoms with E-state index in [2.05, 4.69) is 10.4 Å². The molecule has 0 spiro atoms. The fraction of sp³-hybridized carbons (Fsp3) is 0.643. The molecule has 0 fully saturated rings. The van der Waals surface area contributed by atoms with Gasteiger partial charge >= 0.3 is 5.97 Å². The molecule has 1 heterocycles. The van der Waals surface area contributed by atoms with Crippen LogP contribution in [0.15, 0.2) is 6.07 Å². The van der Waals surface area contributed by atoms with Gasteiger partial charge in [-0.2, -0.15) is 5.10 Å². The lowest BCUT2D eigenvalue weighted by Crippen LogP contribution is -2.30. The molecule has 6 nitrogen and oxygen atoms in total. The van der Waals surface area contributed by atoms with Gasteiger partial charge in [0.25, 0.3) is 5.91 Å². The van der Waals surface area contributed by atoms with Crippen molar-refractivity contribution in [2.45, 2.75) is 46.6 Å². The molecule has 0 aromatic carbocycles. The lowest BCUT2D eigenvalue weighted by atomic mass is 10.1. The molecule has 0 radical (unpaired) electrons. The van der Waals surface area contributed by atoms with Crippen LogP contribution < -0.4 is 5.32 Å². The van der Waals surface area contributed by atoms with Gasteiger partial charge in [-0.3, -0.25) is 14.3 Å². The zero-order chi connectivity index (χ0) is 15.1. The number of carboxylic acids is 1. The minimum absolute atomic E-state index is 0.129. The molecule has 1 amide bonds. The smallest absolute Gasteiger partial charge is 0.303 e. The average molecular weight is 281 g/mol. The molecule has 1 aromatic rings. The quantitative estimate of drug-likeness (QED) is 0.759. The number of hydrogen-bond donors (Lipinski definition) is 2. The van der Waals surface area contributed by atoms with Crippen molar-refractivity contribution in [3.8, 4) is 0 Å². The predicted octanol–water partition coefficient (Wildman–Crippen LogP) is 1.70. The van der Waals surface area contributed by atoms with Gasteiger partial charge in [0.1, 0.15) is 5.69 Å². The highest BCUT2D eigenvalue weighted by Crippen LogP contribution is 2.07. The molecule has 0 aliphatic rings. The van der Waals surface area contributed by atoms with Crippen molar-refractivity contribution in [1.29, 1.82) is 0 Å². The third-order valence-corrected chi connectivity index (χ3v) is 3.19. The van der Waals surface area contributed by atoms with Crippen molar-refractivity contribution < 1.29 is 14.7 Å². The number of carboxylic acid groups (broad SMARTS) is 1. The van der Waals surface area contributed by atoms with Crippen LogP contribution in [0.2, 0.25) is 0 Å². The number of carbonyl (C=O) groups excluding carboxylic acids is 1. The molecule has 6 heteroatoms. The maximum Gasteiger partial charge on any atom is 0.303 e. The summed E-state index contributed by atoms with van der Waals surface area (Å²) in [6.07, 6.45) is 1.48. The Morgan fingerprint density at radius 1 is 1.45 bits per heavy atom. The Labute approximate surface area is 119 Å². The molecule has 1 rings (SSSR count). The van der Waals surface area contributed by atoms with Crippen molar-refractivity contribution in [3.05, 3.63) is 17.5 Å². The maximum atomic E-state index is 12.1. The minimum Gasteiger partial charge on any atom is -0.481 e. The van der Waals surface area contributed by atoms with Gasteiger partial charge in [0.05, 0.1) is 5.69 Å². The van der Waals surface area contributed by atoms with E-state index in [0.717, 1.165) is 12.1 Å². The van der Waals surface area contributed by atoms with Gasteiger partial charge < -0.3 is 10.4 Å². The molecule has 0 aliphatic carbocycles. The normalized spacial score (nSPS) is 12.2. The Morgan fingerprint density at radius 3 is 2.70 bits per heavy atom. The summed E-state index contributed by atoms with van der Waals surface area (Å²) in [5.41, 5.74) is 1.46. The number of amides is 1. The minimum atomic E-state index is -0.806. The highest BCUT2D eigenvalue weighted by atomic mass is 16.4. The number of hydrogen-bond acceptors (Lipinski definition) is 3. The topological polar surface area (TPSA) is 84.2 Å². The zero-order valence-electron chi connectivity index (χ0n) is 12.3. The molecule has 1 aromatic heterocycles. The van der Waals surface area contributed by atoms with Crippen LogP contribution in [0.1, 0.15) is 49.8 Å². The van der Waals surface area contributed by atoms with Crippen molar-refractivity contribution in [2.75, 3.05) is 6.54 Å². The zero-order valence-corrected chi connectivity index (χ0v) is 12.3. The fourth-order valence-electron chi connectivity index (χ4n) is 1.90. The summed E-state index contributed by atoms with van der Waals surface area (Å²) in [6, 6.07) is 1.81. The van der Waals surface area contributed by atoms with E-state index in [1.54, 1.807) is 10.7 Å². The monoisotopic (exact) mass is 281 g/mol. The van der Waals surface area contributed by atoms with Gasteiger partial charge in [-0.05, 0) is 31.7 Å². The summed E-state index contributed by atoms with van der Waals surface area (Å²) < 4.78 is 1.69. The second-order valence-electron chi connectivity index (χ2n) is 4.94. The molecular weight excluding hydrogens is 258 g/mol. The summed E-state index contributed by atoms with van der Waals surface area (Å²) in [4.78, 5) is 22.6. The number of carbonyl (C=O) groups is 2. The van der Waals surface area contributed by atoms with Gasteiger partial charge in [-0.1, -0.05) is 13.8 Å². The second kappa shape index (κ2) is 7.67. The number of aliphatic carboxylic acids is 1. The van der Waals surface area contributed by atoms with Crippen LogP contribution in [0.3, 0.4) is 0 Å². The van der Waals surface area contributed by atoms with Crippen LogP contribution in [0, 0.1) is 5.92 Å². The maximum absolute atomic E-state index is 12.1. The van der Waals surface area contributed by atoms with Crippen LogP contribution in [-0.2, 0) is 17.8 Å². The Hall–Kier alpha value is -1.85. The van der Waals surface area contributed by atoms with E-state index in [0.29, 0.717) is 25.2 Å². The fourth-order valence-corrected chi connectivity index (χ4v) is 1.90.